The largest absolute Gasteiger partial charge is 0.334 e. The van der Waals surface area contributed by atoms with Gasteiger partial charge in [0.1, 0.15) is 5.54 Å². The van der Waals surface area contributed by atoms with E-state index in [9.17, 15) is 4.79 Å². The third-order valence-corrected chi connectivity index (χ3v) is 3.07. The number of benzene rings is 1. The van der Waals surface area contributed by atoms with Gasteiger partial charge in [-0.3, -0.25) is 14.8 Å². The molecule has 1 amide bonds. The molecule has 0 aliphatic heterocycles. The minimum absolute atomic E-state index is 0.279. The second-order valence-electron chi connectivity index (χ2n) is 4.51. The van der Waals surface area contributed by atoms with E-state index in [1.54, 1.807) is 37.5 Å². The second kappa shape index (κ2) is 5.02. The summed E-state index contributed by atoms with van der Waals surface area (Å²) in [6.45, 7) is 3.56. The Morgan fingerprint density at radius 3 is 2.68 bits per heavy atom. The van der Waals surface area contributed by atoms with Gasteiger partial charge in [-0.15, -0.1) is 0 Å². The van der Waals surface area contributed by atoms with E-state index in [-0.39, 0.29) is 5.91 Å². The minimum Gasteiger partial charge on any atom is -0.334 e. The highest BCUT2D eigenvalue weighted by atomic mass is 16.1. The average Bonchev–Trinajstić information content (AvgIpc) is 2.46. The number of hydrogen-bond donors (Lipinski definition) is 1. The van der Waals surface area contributed by atoms with Crippen molar-refractivity contribution in [1.82, 2.24) is 15.3 Å². The third-order valence-electron chi connectivity index (χ3n) is 3.07. The second-order valence-corrected chi connectivity index (χ2v) is 4.51. The zero-order valence-corrected chi connectivity index (χ0v) is 10.8. The van der Waals surface area contributed by atoms with Gasteiger partial charge in [0.15, 0.2) is 0 Å². The summed E-state index contributed by atoms with van der Waals surface area (Å²) >= 11 is 0. The molecule has 1 unspecified atom stereocenters. The predicted octanol–water partition coefficient (Wildman–Crippen LogP) is 2.05. The highest BCUT2D eigenvalue weighted by Crippen LogP contribution is 2.13. The van der Waals surface area contributed by atoms with Crippen LogP contribution in [0, 0.1) is 11.3 Å². The predicted molar refractivity (Wildman–Crippen MR) is 71.3 cm³/mol. The van der Waals surface area contributed by atoms with Gasteiger partial charge >= 0.3 is 0 Å². The quantitative estimate of drug-likeness (QED) is 0.909. The van der Waals surface area contributed by atoms with E-state index in [0.29, 0.717) is 17.5 Å². The topological polar surface area (TPSA) is 78.7 Å². The summed E-state index contributed by atoms with van der Waals surface area (Å²) in [5.41, 5.74) is 1.01. The molecule has 1 heterocycles. The molecule has 0 saturated heterocycles. The van der Waals surface area contributed by atoms with Crippen LogP contribution >= 0.6 is 0 Å². The molecule has 0 radical (unpaired) electrons. The van der Waals surface area contributed by atoms with Crippen LogP contribution in [-0.2, 0) is 0 Å². The molecule has 1 aromatic carbocycles. The Bertz CT molecular complexity index is 662. The van der Waals surface area contributed by atoms with E-state index in [0.717, 1.165) is 5.52 Å². The van der Waals surface area contributed by atoms with Crippen molar-refractivity contribution < 1.29 is 4.79 Å². The van der Waals surface area contributed by atoms with E-state index in [4.69, 9.17) is 5.26 Å². The Morgan fingerprint density at radius 1 is 1.37 bits per heavy atom. The van der Waals surface area contributed by atoms with Gasteiger partial charge in [-0.1, -0.05) is 6.92 Å². The summed E-state index contributed by atoms with van der Waals surface area (Å²) in [6.07, 6.45) is 3.73. The number of hydrogen-bond acceptors (Lipinski definition) is 4. The molecular formula is C14H14N4O. The monoisotopic (exact) mass is 254 g/mol. The fourth-order valence-electron chi connectivity index (χ4n) is 1.62. The summed E-state index contributed by atoms with van der Waals surface area (Å²) < 4.78 is 0. The van der Waals surface area contributed by atoms with Gasteiger partial charge in [-0.25, -0.2) is 0 Å². The first-order chi connectivity index (χ1) is 9.08. The number of carbonyl (C=O) groups is 1. The highest BCUT2D eigenvalue weighted by Gasteiger charge is 2.24. The first-order valence-corrected chi connectivity index (χ1v) is 6.02. The van der Waals surface area contributed by atoms with Crippen molar-refractivity contribution in [2.24, 2.45) is 0 Å². The molecular weight excluding hydrogens is 240 g/mol. The lowest BCUT2D eigenvalue weighted by molar-refractivity contribution is 0.0923. The maximum Gasteiger partial charge on any atom is 0.252 e. The van der Waals surface area contributed by atoms with E-state index in [1.807, 2.05) is 6.92 Å². The van der Waals surface area contributed by atoms with Gasteiger partial charge in [0.25, 0.3) is 5.91 Å². The smallest absolute Gasteiger partial charge is 0.252 e. The lowest BCUT2D eigenvalue weighted by Crippen LogP contribution is -2.44. The van der Waals surface area contributed by atoms with Gasteiger partial charge in [-0.05, 0) is 31.5 Å². The van der Waals surface area contributed by atoms with Crippen LogP contribution in [0.1, 0.15) is 30.6 Å². The molecule has 0 aliphatic carbocycles. The van der Waals surface area contributed by atoms with Crippen LogP contribution in [0.15, 0.2) is 30.6 Å². The molecule has 0 saturated carbocycles. The Balaban J connectivity index is 2.30. The van der Waals surface area contributed by atoms with Crippen LogP contribution in [0.3, 0.4) is 0 Å². The Morgan fingerprint density at radius 2 is 2.05 bits per heavy atom. The van der Waals surface area contributed by atoms with Gasteiger partial charge in [-0.2, -0.15) is 5.26 Å². The van der Waals surface area contributed by atoms with E-state index < -0.39 is 5.54 Å². The third kappa shape index (κ3) is 2.68. The van der Waals surface area contributed by atoms with Gasteiger partial charge < -0.3 is 5.32 Å². The fraction of sp³-hybridized carbons (Fsp3) is 0.286. The molecule has 1 atom stereocenters. The van der Waals surface area contributed by atoms with E-state index in [2.05, 4.69) is 21.4 Å². The lowest BCUT2D eigenvalue weighted by atomic mass is 10.0. The molecule has 1 aromatic heterocycles. The molecule has 2 rings (SSSR count). The van der Waals surface area contributed by atoms with Crippen LogP contribution < -0.4 is 5.32 Å². The molecule has 19 heavy (non-hydrogen) atoms. The fourth-order valence-corrected chi connectivity index (χ4v) is 1.62. The number of nitrogens with one attached hydrogen (secondary N) is 1. The summed E-state index contributed by atoms with van der Waals surface area (Å²) in [4.78, 5) is 20.4. The molecule has 96 valence electrons. The summed E-state index contributed by atoms with van der Waals surface area (Å²) in [7, 11) is 0. The van der Waals surface area contributed by atoms with Crippen LogP contribution in [0.5, 0.6) is 0 Å². The van der Waals surface area contributed by atoms with Crippen molar-refractivity contribution in [1.29, 1.82) is 5.26 Å². The number of aromatic nitrogens is 2. The highest BCUT2D eigenvalue weighted by molar-refractivity contribution is 5.97. The number of carbonyl (C=O) groups excluding carboxylic acids is 1. The van der Waals surface area contributed by atoms with Crippen LogP contribution in [-0.4, -0.2) is 21.4 Å². The van der Waals surface area contributed by atoms with Crippen molar-refractivity contribution >= 4 is 16.9 Å². The minimum atomic E-state index is -0.853. The summed E-state index contributed by atoms with van der Waals surface area (Å²) in [5.74, 6) is -0.279. The molecule has 1 N–H and O–H groups in total. The van der Waals surface area contributed by atoms with Crippen LogP contribution in [0.2, 0.25) is 0 Å². The van der Waals surface area contributed by atoms with Crippen LogP contribution in [0.25, 0.3) is 11.0 Å². The maximum atomic E-state index is 12.1. The van der Waals surface area contributed by atoms with Crippen molar-refractivity contribution in [2.75, 3.05) is 0 Å². The van der Waals surface area contributed by atoms with E-state index >= 15 is 0 Å². The molecule has 0 spiro atoms. The molecule has 0 fully saturated rings. The summed E-state index contributed by atoms with van der Waals surface area (Å²) in [6, 6.07) is 7.20. The van der Waals surface area contributed by atoms with E-state index in [1.165, 1.54) is 0 Å². The maximum absolute atomic E-state index is 12.1. The first kappa shape index (κ1) is 13.0. The van der Waals surface area contributed by atoms with Gasteiger partial charge in [0, 0.05) is 18.0 Å². The molecule has 5 heteroatoms. The number of amides is 1. The molecule has 0 bridgehead atoms. The molecule has 5 nitrogen and oxygen atoms in total. The zero-order valence-electron chi connectivity index (χ0n) is 10.8. The Kier molecular flexibility index (Phi) is 3.43. The number of fused-ring (bicyclic) bond motifs is 1. The van der Waals surface area contributed by atoms with Crippen molar-refractivity contribution in [3.05, 3.63) is 36.2 Å². The normalized spacial score (nSPS) is 13.5. The first-order valence-electron chi connectivity index (χ1n) is 6.02. The molecule has 2 aromatic rings. The van der Waals surface area contributed by atoms with Crippen molar-refractivity contribution in [3.63, 3.8) is 0 Å². The van der Waals surface area contributed by atoms with Crippen molar-refractivity contribution in [3.8, 4) is 6.07 Å². The Labute approximate surface area is 111 Å². The summed E-state index contributed by atoms with van der Waals surface area (Å²) in [5, 5.41) is 11.8. The van der Waals surface area contributed by atoms with Gasteiger partial charge in [0.05, 0.1) is 17.1 Å². The van der Waals surface area contributed by atoms with Gasteiger partial charge in [0.2, 0.25) is 0 Å². The lowest BCUT2D eigenvalue weighted by Gasteiger charge is -2.21. The van der Waals surface area contributed by atoms with Crippen molar-refractivity contribution in [2.45, 2.75) is 25.8 Å². The average molecular weight is 254 g/mol. The number of rotatable bonds is 3. The van der Waals surface area contributed by atoms with Crippen LogP contribution in [0.4, 0.5) is 0 Å². The number of nitriles is 1. The molecule has 0 aliphatic rings. The Hall–Kier alpha value is -2.48. The number of nitrogens with zero attached hydrogens (tertiary/aromatic N) is 3. The zero-order chi connectivity index (χ0) is 13.9. The SMILES string of the molecule is CCC(C)(C#N)NC(=O)c1ccc2nccnc2c1. The standard InChI is InChI=1S/C14H14N4O/c1-3-14(2,9-15)18-13(19)10-4-5-11-12(8-10)17-7-6-16-11/h4-8H,3H2,1-2H3,(H,18,19).